The highest BCUT2D eigenvalue weighted by Gasteiger charge is 2.32. The molecule has 2 amide bonds. The van der Waals surface area contributed by atoms with Crippen molar-refractivity contribution in [3.63, 3.8) is 0 Å². The molecule has 9 nitrogen and oxygen atoms in total. The lowest BCUT2D eigenvalue weighted by Crippen LogP contribution is -2.44. The average molecular weight is 498 g/mol. The Morgan fingerprint density at radius 2 is 1.68 bits per heavy atom. The van der Waals surface area contributed by atoms with Crippen LogP contribution in [0.3, 0.4) is 0 Å². The molecule has 188 valence electrons. The van der Waals surface area contributed by atoms with Gasteiger partial charge < -0.3 is 19.5 Å². The number of carbonyl (C=O) groups is 3. The number of methoxy groups -OCH3 is 1. The topological polar surface area (TPSA) is 98.5 Å². The molecule has 1 fully saturated rings. The van der Waals surface area contributed by atoms with Crippen LogP contribution in [0.4, 0.5) is 5.69 Å². The van der Waals surface area contributed by atoms with Gasteiger partial charge in [-0.15, -0.1) is 0 Å². The number of rotatable bonds is 6. The summed E-state index contributed by atoms with van der Waals surface area (Å²) >= 11 is 0. The van der Waals surface area contributed by atoms with E-state index in [1.54, 1.807) is 40.0 Å². The Morgan fingerprint density at radius 1 is 0.946 bits per heavy atom. The van der Waals surface area contributed by atoms with Gasteiger partial charge in [0.2, 0.25) is 5.91 Å². The number of ether oxygens (including phenoxy) is 1. The zero-order chi connectivity index (χ0) is 25.8. The number of piperidine rings is 1. The maximum absolute atomic E-state index is 13.7. The standard InChI is InChI=1S/C28H27N5O4/c1-37-28(36)22-13-5-6-14-24(22)30-25(34)20-10-9-17-32(19-20)27(35)23-18-29-33(21-11-3-2-4-12-21)26(23)31-15-7-8-16-31/h2-8,11-16,18,20H,9-10,17,19H2,1H3,(H,30,34). The minimum absolute atomic E-state index is 0.182. The van der Waals surface area contributed by atoms with E-state index >= 15 is 0 Å². The lowest BCUT2D eigenvalue weighted by molar-refractivity contribution is -0.121. The van der Waals surface area contributed by atoms with Crippen molar-refractivity contribution in [3.8, 4) is 11.5 Å². The number of para-hydroxylation sites is 2. The fraction of sp³-hybridized carbons (Fsp3) is 0.214. The third kappa shape index (κ3) is 4.88. The number of nitrogens with one attached hydrogen (secondary N) is 1. The second-order valence-electron chi connectivity index (χ2n) is 8.84. The van der Waals surface area contributed by atoms with Crippen LogP contribution < -0.4 is 5.32 Å². The molecular weight excluding hydrogens is 470 g/mol. The number of esters is 1. The smallest absolute Gasteiger partial charge is 0.339 e. The van der Waals surface area contributed by atoms with Crippen molar-refractivity contribution in [2.24, 2.45) is 5.92 Å². The molecule has 0 bridgehead atoms. The minimum atomic E-state index is -0.524. The number of hydrogen-bond donors (Lipinski definition) is 1. The van der Waals surface area contributed by atoms with E-state index < -0.39 is 11.9 Å². The van der Waals surface area contributed by atoms with Crippen LogP contribution in [0.25, 0.3) is 11.5 Å². The second-order valence-corrected chi connectivity index (χ2v) is 8.84. The van der Waals surface area contributed by atoms with E-state index in [0.29, 0.717) is 36.5 Å². The third-order valence-electron chi connectivity index (χ3n) is 6.49. The van der Waals surface area contributed by atoms with E-state index in [2.05, 4.69) is 10.4 Å². The molecular formula is C28H27N5O4. The molecule has 1 unspecified atom stereocenters. The Balaban J connectivity index is 1.38. The first-order valence-corrected chi connectivity index (χ1v) is 12.1. The van der Waals surface area contributed by atoms with E-state index in [4.69, 9.17) is 4.74 Å². The molecule has 1 aliphatic heterocycles. The number of carbonyl (C=O) groups excluding carboxylic acids is 3. The Bertz CT molecular complexity index is 1410. The van der Waals surface area contributed by atoms with Gasteiger partial charge in [-0.1, -0.05) is 30.3 Å². The molecule has 0 spiro atoms. The van der Waals surface area contributed by atoms with Crippen molar-refractivity contribution in [3.05, 3.63) is 96.4 Å². The van der Waals surface area contributed by atoms with Crippen LogP contribution in [-0.2, 0) is 9.53 Å². The van der Waals surface area contributed by atoms with E-state index in [1.165, 1.54) is 7.11 Å². The Morgan fingerprint density at radius 3 is 2.43 bits per heavy atom. The van der Waals surface area contributed by atoms with Crippen molar-refractivity contribution in [1.29, 1.82) is 0 Å². The van der Waals surface area contributed by atoms with Crippen LogP contribution in [0, 0.1) is 5.92 Å². The maximum Gasteiger partial charge on any atom is 0.339 e. The van der Waals surface area contributed by atoms with E-state index in [0.717, 1.165) is 5.69 Å². The molecule has 2 aromatic heterocycles. The summed E-state index contributed by atoms with van der Waals surface area (Å²) in [4.78, 5) is 40.7. The first-order chi connectivity index (χ1) is 18.1. The first kappa shape index (κ1) is 24.1. The number of anilines is 1. The van der Waals surface area contributed by atoms with Gasteiger partial charge in [0.05, 0.1) is 36.2 Å². The molecule has 0 saturated carbocycles. The Hall–Kier alpha value is -4.66. The molecule has 2 aromatic carbocycles. The van der Waals surface area contributed by atoms with Crippen molar-refractivity contribution in [1.82, 2.24) is 19.2 Å². The maximum atomic E-state index is 13.7. The van der Waals surface area contributed by atoms with Crippen LogP contribution in [0.15, 0.2) is 85.3 Å². The number of aromatic nitrogens is 3. The van der Waals surface area contributed by atoms with Gasteiger partial charge in [-0.25, -0.2) is 9.48 Å². The second kappa shape index (κ2) is 10.5. The number of nitrogens with zero attached hydrogens (tertiary/aromatic N) is 4. The van der Waals surface area contributed by atoms with Gasteiger partial charge in [-0.05, 0) is 49.2 Å². The predicted molar refractivity (Wildman–Crippen MR) is 138 cm³/mol. The molecule has 9 heteroatoms. The van der Waals surface area contributed by atoms with Gasteiger partial charge >= 0.3 is 5.97 Å². The summed E-state index contributed by atoms with van der Waals surface area (Å²) in [6, 6.07) is 20.1. The summed E-state index contributed by atoms with van der Waals surface area (Å²) in [6.45, 7) is 0.815. The molecule has 1 saturated heterocycles. The molecule has 1 N–H and O–H groups in total. The fourth-order valence-corrected chi connectivity index (χ4v) is 4.64. The van der Waals surface area contributed by atoms with Crippen LogP contribution in [0.2, 0.25) is 0 Å². The molecule has 0 aliphatic carbocycles. The lowest BCUT2D eigenvalue weighted by atomic mass is 9.96. The fourth-order valence-electron chi connectivity index (χ4n) is 4.64. The number of hydrogen-bond acceptors (Lipinski definition) is 5. The van der Waals surface area contributed by atoms with Crippen molar-refractivity contribution < 1.29 is 19.1 Å². The SMILES string of the molecule is COC(=O)c1ccccc1NC(=O)C1CCCN(C(=O)c2cnn(-c3ccccc3)c2-n2cccc2)C1. The molecule has 4 aromatic rings. The van der Waals surface area contributed by atoms with Gasteiger partial charge in [0.25, 0.3) is 5.91 Å². The van der Waals surface area contributed by atoms with Crippen molar-refractivity contribution >= 4 is 23.5 Å². The lowest BCUT2D eigenvalue weighted by Gasteiger charge is -2.32. The van der Waals surface area contributed by atoms with E-state index in [1.807, 2.05) is 59.4 Å². The summed E-state index contributed by atoms with van der Waals surface area (Å²) in [5.41, 5.74) is 1.97. The Kier molecular flexibility index (Phi) is 6.85. The average Bonchev–Trinajstić information content (AvgIpc) is 3.63. The van der Waals surface area contributed by atoms with Gasteiger partial charge in [0, 0.05) is 25.5 Å². The summed E-state index contributed by atoms with van der Waals surface area (Å²) in [5.74, 6) is -0.718. The molecule has 37 heavy (non-hydrogen) atoms. The van der Waals surface area contributed by atoms with Crippen LogP contribution in [-0.4, -0.2) is 57.2 Å². The summed E-state index contributed by atoms with van der Waals surface area (Å²) < 4.78 is 8.43. The van der Waals surface area contributed by atoms with Gasteiger partial charge in [-0.3, -0.25) is 9.59 Å². The molecule has 5 rings (SSSR count). The molecule has 0 radical (unpaired) electrons. The minimum Gasteiger partial charge on any atom is -0.465 e. The van der Waals surface area contributed by atoms with Gasteiger partial charge in [0.15, 0.2) is 5.82 Å². The first-order valence-electron chi connectivity index (χ1n) is 12.1. The largest absolute Gasteiger partial charge is 0.465 e. The quantitative estimate of drug-likeness (QED) is 0.407. The molecule has 1 aliphatic rings. The monoisotopic (exact) mass is 497 g/mol. The van der Waals surface area contributed by atoms with Gasteiger partial charge in [-0.2, -0.15) is 5.10 Å². The van der Waals surface area contributed by atoms with Crippen molar-refractivity contribution in [2.75, 3.05) is 25.5 Å². The van der Waals surface area contributed by atoms with Crippen molar-refractivity contribution in [2.45, 2.75) is 12.8 Å². The summed E-state index contributed by atoms with van der Waals surface area (Å²) in [6.07, 6.45) is 6.66. The normalized spacial score (nSPS) is 15.3. The number of amides is 2. The molecule has 3 heterocycles. The van der Waals surface area contributed by atoms with Crippen LogP contribution in [0.5, 0.6) is 0 Å². The van der Waals surface area contributed by atoms with E-state index in [-0.39, 0.29) is 23.9 Å². The third-order valence-corrected chi connectivity index (χ3v) is 6.49. The predicted octanol–water partition coefficient (Wildman–Crippen LogP) is 3.94. The van der Waals surface area contributed by atoms with Gasteiger partial charge in [0.1, 0.15) is 5.56 Å². The molecule has 1 atom stereocenters. The number of benzene rings is 2. The van der Waals surface area contributed by atoms with E-state index in [9.17, 15) is 14.4 Å². The Labute approximate surface area is 214 Å². The highest BCUT2D eigenvalue weighted by Crippen LogP contribution is 2.26. The highest BCUT2D eigenvalue weighted by atomic mass is 16.5. The summed E-state index contributed by atoms with van der Waals surface area (Å²) in [5, 5.41) is 7.38. The van der Waals surface area contributed by atoms with Crippen LogP contribution in [0.1, 0.15) is 33.6 Å². The number of likely N-dealkylation sites (tertiary alicyclic amines) is 1. The zero-order valence-corrected chi connectivity index (χ0v) is 20.4. The van der Waals surface area contributed by atoms with Crippen LogP contribution >= 0.6 is 0 Å². The summed E-state index contributed by atoms with van der Waals surface area (Å²) in [7, 11) is 1.30. The highest BCUT2D eigenvalue weighted by molar-refractivity contribution is 6.02. The zero-order valence-electron chi connectivity index (χ0n) is 20.4.